The van der Waals surface area contributed by atoms with E-state index in [-0.39, 0.29) is 17.3 Å². The molecule has 14 heavy (non-hydrogen) atoms. The average molecular weight is 224 g/mol. The van der Waals surface area contributed by atoms with E-state index in [1.807, 2.05) is 9.24 Å². The minimum absolute atomic E-state index is 0.117. The maximum Gasteiger partial charge on any atom is 0.198 e. The molecule has 0 N–H and O–H groups in total. The zero-order valence-electron chi connectivity index (χ0n) is 7.50. The molecule has 5 heteroatoms. The Bertz CT molecular complexity index is 333. The van der Waals surface area contributed by atoms with Crippen molar-refractivity contribution in [3.63, 3.8) is 0 Å². The van der Waals surface area contributed by atoms with Crippen LogP contribution < -0.4 is 5.30 Å². The van der Waals surface area contributed by atoms with Crippen LogP contribution in [0.2, 0.25) is 0 Å². The summed E-state index contributed by atoms with van der Waals surface area (Å²) >= 11 is 0. The first-order valence-corrected chi connectivity index (χ1v) is 4.68. The third-order valence-electron chi connectivity index (χ3n) is 1.90. The van der Waals surface area contributed by atoms with Gasteiger partial charge in [-0.1, -0.05) is 13.3 Å². The summed E-state index contributed by atoms with van der Waals surface area (Å²) in [7, 11) is 1.89. The van der Waals surface area contributed by atoms with Crippen LogP contribution in [-0.4, -0.2) is 0 Å². The van der Waals surface area contributed by atoms with Crippen molar-refractivity contribution in [2.75, 3.05) is 0 Å². The molecule has 1 unspecified atom stereocenters. The van der Waals surface area contributed by atoms with Crippen LogP contribution in [-0.2, 0) is 6.42 Å². The largest absolute Gasteiger partial charge is 0.203 e. The first-order chi connectivity index (χ1) is 6.50. The highest BCUT2D eigenvalue weighted by atomic mass is 31.0. The number of hydrogen-bond donors (Lipinski definition) is 0. The third kappa shape index (κ3) is 1.76. The molecular formula is C9H9F4P. The standard InChI is InChI=1S/C9H9F4P/c1-2-3-4-5(10)6(11)7(12)8(13)9(4)14/h2-3,14H2,1H3. The van der Waals surface area contributed by atoms with Gasteiger partial charge in [-0.05, 0) is 6.42 Å². The molecule has 0 spiro atoms. The summed E-state index contributed by atoms with van der Waals surface area (Å²) in [4.78, 5) is 0. The van der Waals surface area contributed by atoms with Gasteiger partial charge in [-0.15, -0.1) is 9.24 Å². The number of halogens is 4. The molecule has 0 nitrogen and oxygen atoms in total. The van der Waals surface area contributed by atoms with E-state index >= 15 is 0 Å². The summed E-state index contributed by atoms with van der Waals surface area (Å²) in [6.45, 7) is 1.74. The van der Waals surface area contributed by atoms with Crippen LogP contribution in [0.15, 0.2) is 0 Å². The van der Waals surface area contributed by atoms with Crippen molar-refractivity contribution >= 4 is 14.5 Å². The lowest BCUT2D eigenvalue weighted by Crippen LogP contribution is -2.15. The quantitative estimate of drug-likeness (QED) is 0.313. The highest BCUT2D eigenvalue weighted by molar-refractivity contribution is 7.27. The summed E-state index contributed by atoms with van der Waals surface area (Å²) in [5.74, 6) is -6.13. The van der Waals surface area contributed by atoms with Crippen molar-refractivity contribution in [3.8, 4) is 0 Å². The minimum atomic E-state index is -1.76. The van der Waals surface area contributed by atoms with Gasteiger partial charge in [-0.3, -0.25) is 0 Å². The minimum Gasteiger partial charge on any atom is -0.203 e. The summed E-state index contributed by atoms with van der Waals surface area (Å²) in [6, 6.07) is 0. The number of hydrogen-bond acceptors (Lipinski definition) is 0. The van der Waals surface area contributed by atoms with Crippen molar-refractivity contribution < 1.29 is 17.6 Å². The highest BCUT2D eigenvalue weighted by Crippen LogP contribution is 2.20. The first-order valence-electron chi connectivity index (χ1n) is 4.11. The molecule has 78 valence electrons. The Labute approximate surface area is 81.5 Å². The molecule has 0 fully saturated rings. The Kier molecular flexibility index (Phi) is 3.48. The first kappa shape index (κ1) is 11.4. The fraction of sp³-hybridized carbons (Fsp3) is 0.333. The summed E-state index contributed by atoms with van der Waals surface area (Å²) in [5, 5.41) is -0.233. The zero-order valence-corrected chi connectivity index (χ0v) is 8.66. The van der Waals surface area contributed by atoms with Crippen LogP contribution in [0.5, 0.6) is 0 Å². The predicted octanol–water partition coefficient (Wildman–Crippen LogP) is 2.70. The lowest BCUT2D eigenvalue weighted by Gasteiger charge is -2.08. The van der Waals surface area contributed by atoms with Crippen molar-refractivity contribution in [1.82, 2.24) is 0 Å². The van der Waals surface area contributed by atoms with Crippen LogP contribution in [0.3, 0.4) is 0 Å². The monoisotopic (exact) mass is 224 g/mol. The molecule has 0 aromatic heterocycles. The summed E-state index contributed by atoms with van der Waals surface area (Å²) in [6.07, 6.45) is 0.710. The molecule has 0 heterocycles. The van der Waals surface area contributed by atoms with Crippen molar-refractivity contribution in [2.45, 2.75) is 19.8 Å². The van der Waals surface area contributed by atoms with Crippen LogP contribution in [0, 0.1) is 23.3 Å². The number of rotatable bonds is 2. The van der Waals surface area contributed by atoms with Gasteiger partial charge in [0.1, 0.15) is 0 Å². The van der Waals surface area contributed by atoms with E-state index in [2.05, 4.69) is 0 Å². The lowest BCUT2D eigenvalue weighted by molar-refractivity contribution is 0.407. The van der Waals surface area contributed by atoms with Gasteiger partial charge in [0.25, 0.3) is 0 Å². The molecule has 1 atom stereocenters. The normalized spacial score (nSPS) is 10.7. The lowest BCUT2D eigenvalue weighted by atomic mass is 10.1. The van der Waals surface area contributed by atoms with E-state index in [1.54, 1.807) is 6.92 Å². The molecule has 1 aromatic carbocycles. The second kappa shape index (κ2) is 4.26. The third-order valence-corrected chi connectivity index (χ3v) is 2.51. The molecular weight excluding hydrogens is 215 g/mol. The van der Waals surface area contributed by atoms with Crippen molar-refractivity contribution in [1.29, 1.82) is 0 Å². The predicted molar refractivity (Wildman–Crippen MR) is 49.6 cm³/mol. The van der Waals surface area contributed by atoms with Crippen LogP contribution in [0.1, 0.15) is 18.9 Å². The van der Waals surface area contributed by atoms with Crippen molar-refractivity contribution in [3.05, 3.63) is 28.8 Å². The maximum absolute atomic E-state index is 13.1. The van der Waals surface area contributed by atoms with E-state index in [0.29, 0.717) is 6.42 Å². The topological polar surface area (TPSA) is 0 Å². The Morgan fingerprint density at radius 1 is 0.929 bits per heavy atom. The molecule has 0 aliphatic rings. The molecule has 0 radical (unpaired) electrons. The van der Waals surface area contributed by atoms with E-state index in [9.17, 15) is 17.6 Å². The maximum atomic E-state index is 13.1. The smallest absolute Gasteiger partial charge is 0.198 e. The van der Waals surface area contributed by atoms with Gasteiger partial charge in [-0.25, -0.2) is 17.6 Å². The molecule has 0 saturated heterocycles. The Morgan fingerprint density at radius 3 is 1.93 bits per heavy atom. The second-order valence-corrected chi connectivity index (χ2v) is 3.48. The molecule has 1 rings (SSSR count). The van der Waals surface area contributed by atoms with Gasteiger partial charge in [-0.2, -0.15) is 0 Å². The zero-order chi connectivity index (χ0) is 10.9. The molecule has 1 aromatic rings. The highest BCUT2D eigenvalue weighted by Gasteiger charge is 2.22. The van der Waals surface area contributed by atoms with E-state index in [1.165, 1.54) is 0 Å². The van der Waals surface area contributed by atoms with Crippen molar-refractivity contribution in [2.24, 2.45) is 0 Å². The Balaban J connectivity index is 3.43. The van der Waals surface area contributed by atoms with E-state index in [4.69, 9.17) is 0 Å². The van der Waals surface area contributed by atoms with Crippen LogP contribution in [0.4, 0.5) is 17.6 Å². The molecule has 0 aliphatic carbocycles. The van der Waals surface area contributed by atoms with Gasteiger partial charge in [0.15, 0.2) is 23.3 Å². The molecule has 0 amide bonds. The molecule has 0 bridgehead atoms. The summed E-state index contributed by atoms with van der Waals surface area (Å²) in [5.41, 5.74) is -0.117. The van der Waals surface area contributed by atoms with Gasteiger partial charge < -0.3 is 0 Å². The van der Waals surface area contributed by atoms with E-state index < -0.39 is 23.3 Å². The Hall–Kier alpha value is -0.630. The van der Waals surface area contributed by atoms with Gasteiger partial charge >= 0.3 is 0 Å². The van der Waals surface area contributed by atoms with Crippen LogP contribution >= 0.6 is 9.24 Å². The number of benzene rings is 1. The molecule has 0 aliphatic heterocycles. The van der Waals surface area contributed by atoms with E-state index in [0.717, 1.165) is 0 Å². The van der Waals surface area contributed by atoms with Gasteiger partial charge in [0.05, 0.1) is 0 Å². The Morgan fingerprint density at radius 2 is 1.43 bits per heavy atom. The van der Waals surface area contributed by atoms with Crippen LogP contribution in [0.25, 0.3) is 0 Å². The average Bonchev–Trinajstić information content (AvgIpc) is 2.19. The fourth-order valence-electron chi connectivity index (χ4n) is 1.19. The second-order valence-electron chi connectivity index (χ2n) is 2.90. The fourth-order valence-corrected chi connectivity index (χ4v) is 1.59. The van der Waals surface area contributed by atoms with Gasteiger partial charge in [0.2, 0.25) is 0 Å². The SMILES string of the molecule is CCCc1c(F)c(F)c(F)c(F)c1P. The molecule has 0 saturated carbocycles. The van der Waals surface area contributed by atoms with Gasteiger partial charge in [0, 0.05) is 10.9 Å². The summed E-state index contributed by atoms with van der Waals surface area (Å²) < 4.78 is 51.5.